The number of carbonyl (C=O) groups is 1. The zero-order valence-corrected chi connectivity index (χ0v) is 22.5. The average molecular weight is 607 g/mol. The van der Waals surface area contributed by atoms with Gasteiger partial charge >= 0.3 is 0 Å². The number of hydrogen-bond donors (Lipinski definition) is 2. The van der Waals surface area contributed by atoms with Gasteiger partial charge < -0.3 is 20.1 Å². The number of methoxy groups -OCH3 is 1. The highest BCUT2D eigenvalue weighted by Gasteiger charge is 2.27. The molecule has 0 aliphatic carbocycles. The number of nitrogens with one attached hydrogen (secondary N) is 2. The van der Waals surface area contributed by atoms with Crippen LogP contribution in [0.15, 0.2) is 65.6 Å². The first-order valence-corrected chi connectivity index (χ1v) is 13.1. The van der Waals surface area contributed by atoms with Crippen LogP contribution in [0.25, 0.3) is 6.08 Å². The summed E-state index contributed by atoms with van der Waals surface area (Å²) in [5.74, 6) is 0.851. The molecule has 1 atom stereocenters. The van der Waals surface area contributed by atoms with Crippen molar-refractivity contribution in [3.8, 4) is 11.5 Å². The van der Waals surface area contributed by atoms with Gasteiger partial charge in [0.2, 0.25) is 0 Å². The van der Waals surface area contributed by atoms with Crippen LogP contribution >= 0.6 is 46.0 Å². The largest absolute Gasteiger partial charge is 0.493 e. The molecule has 1 saturated heterocycles. The number of carbonyl (C=O) groups excluding carboxylic acids is 1. The Kier molecular flexibility index (Phi) is 8.28. The van der Waals surface area contributed by atoms with Crippen LogP contribution in [0.1, 0.15) is 23.6 Å². The Morgan fingerprint density at radius 3 is 2.50 bits per heavy atom. The van der Waals surface area contributed by atoms with Crippen molar-refractivity contribution in [2.75, 3.05) is 12.4 Å². The highest BCUT2D eigenvalue weighted by atomic mass is 127. The maximum Gasteiger partial charge on any atom is 0.260 e. The maximum atomic E-state index is 12.5. The molecule has 0 radical (unpaired) electrons. The molecule has 0 bridgehead atoms. The lowest BCUT2D eigenvalue weighted by Crippen LogP contribution is -2.30. The third-order valence-electron chi connectivity index (χ3n) is 5.24. The minimum Gasteiger partial charge on any atom is -0.493 e. The Labute approximate surface area is 222 Å². The fourth-order valence-corrected chi connectivity index (χ4v) is 5.02. The van der Waals surface area contributed by atoms with Gasteiger partial charge in [0, 0.05) is 9.26 Å². The normalized spacial score (nSPS) is 16.4. The van der Waals surface area contributed by atoms with E-state index in [1.54, 1.807) is 19.3 Å². The Morgan fingerprint density at radius 1 is 1.12 bits per heavy atom. The number of halogens is 2. The SMILES string of the molecule is CCc1ccc(N[C@@H]2NC(=O)/C(=C/c3cc(Cl)c(OCc4ccc(I)cc4)c(OC)c3)S2)cc1. The van der Waals surface area contributed by atoms with E-state index in [0.717, 1.165) is 26.8 Å². The third kappa shape index (κ3) is 6.20. The molecule has 0 spiro atoms. The van der Waals surface area contributed by atoms with Gasteiger partial charge in [-0.05, 0) is 88.2 Å². The van der Waals surface area contributed by atoms with Crippen LogP contribution in [0.4, 0.5) is 5.69 Å². The minimum atomic E-state index is -0.250. The number of anilines is 1. The van der Waals surface area contributed by atoms with Gasteiger partial charge in [-0.3, -0.25) is 4.79 Å². The van der Waals surface area contributed by atoms with Crippen LogP contribution in [0.2, 0.25) is 5.02 Å². The second-order valence-corrected chi connectivity index (χ2v) is 10.4. The quantitative estimate of drug-likeness (QED) is 0.221. The molecule has 5 nitrogen and oxygen atoms in total. The van der Waals surface area contributed by atoms with E-state index in [0.29, 0.717) is 28.0 Å². The molecule has 8 heteroatoms. The minimum absolute atomic E-state index is 0.137. The number of thioether (sulfide) groups is 1. The highest BCUT2D eigenvalue weighted by Crippen LogP contribution is 2.39. The molecule has 1 aliphatic rings. The monoisotopic (exact) mass is 606 g/mol. The zero-order valence-electron chi connectivity index (χ0n) is 18.7. The number of amides is 1. The van der Waals surface area contributed by atoms with Gasteiger partial charge in [0.05, 0.1) is 17.0 Å². The third-order valence-corrected chi connectivity index (χ3v) is 7.27. The summed E-state index contributed by atoms with van der Waals surface area (Å²) in [5.41, 5.74) is 3.77. The van der Waals surface area contributed by atoms with Gasteiger partial charge in [-0.1, -0.05) is 54.6 Å². The number of ether oxygens (including phenoxy) is 2. The summed E-state index contributed by atoms with van der Waals surface area (Å²) in [7, 11) is 1.57. The Morgan fingerprint density at radius 2 is 1.82 bits per heavy atom. The van der Waals surface area contributed by atoms with E-state index in [1.807, 2.05) is 42.5 Å². The molecular weight excluding hydrogens is 583 g/mol. The van der Waals surface area contributed by atoms with Crippen molar-refractivity contribution in [2.45, 2.75) is 25.4 Å². The molecule has 1 amide bonds. The van der Waals surface area contributed by atoms with Crippen molar-refractivity contribution in [2.24, 2.45) is 0 Å². The van der Waals surface area contributed by atoms with Gasteiger partial charge in [-0.15, -0.1) is 0 Å². The summed E-state index contributed by atoms with van der Waals surface area (Å²) < 4.78 is 12.6. The van der Waals surface area contributed by atoms with E-state index >= 15 is 0 Å². The molecular formula is C26H24ClIN2O3S. The molecule has 1 fully saturated rings. The standard InChI is InChI=1S/C26H24ClIN2O3S/c1-3-16-6-10-20(11-7-16)29-26-30-25(31)23(34-26)14-18-12-21(27)24(22(13-18)32-2)33-15-17-4-8-19(28)9-5-17/h4-14,26,29H,3,15H2,1-2H3,(H,30,31)/b23-14-/t26-/m1/s1. The Hall–Kier alpha value is -2.36. The lowest BCUT2D eigenvalue weighted by atomic mass is 10.1. The second kappa shape index (κ2) is 11.4. The molecule has 3 aromatic rings. The summed E-state index contributed by atoms with van der Waals surface area (Å²) >= 11 is 10.2. The molecule has 176 valence electrons. The fourth-order valence-electron chi connectivity index (χ4n) is 3.40. The van der Waals surface area contributed by atoms with Gasteiger partial charge in [-0.2, -0.15) is 0 Å². The summed E-state index contributed by atoms with van der Waals surface area (Å²) in [6.45, 7) is 2.49. The van der Waals surface area contributed by atoms with Crippen molar-refractivity contribution in [3.63, 3.8) is 0 Å². The zero-order chi connectivity index (χ0) is 24.1. The van der Waals surface area contributed by atoms with Crippen LogP contribution < -0.4 is 20.1 Å². The Balaban J connectivity index is 1.46. The number of benzene rings is 3. The second-order valence-electron chi connectivity index (χ2n) is 7.62. The van der Waals surface area contributed by atoms with Gasteiger partial charge in [0.15, 0.2) is 17.0 Å². The van der Waals surface area contributed by atoms with E-state index in [9.17, 15) is 4.79 Å². The van der Waals surface area contributed by atoms with Crippen LogP contribution in [0.5, 0.6) is 11.5 Å². The van der Waals surface area contributed by atoms with E-state index in [1.165, 1.54) is 17.3 Å². The first-order chi connectivity index (χ1) is 16.4. The van der Waals surface area contributed by atoms with E-state index in [-0.39, 0.29) is 11.4 Å². The smallest absolute Gasteiger partial charge is 0.260 e. The highest BCUT2D eigenvalue weighted by molar-refractivity contribution is 14.1. The van der Waals surface area contributed by atoms with Crippen LogP contribution in [-0.4, -0.2) is 18.5 Å². The Bertz CT molecular complexity index is 1200. The molecule has 4 rings (SSSR count). The summed E-state index contributed by atoms with van der Waals surface area (Å²) in [6, 6.07) is 19.9. The van der Waals surface area contributed by atoms with E-state index in [4.69, 9.17) is 21.1 Å². The topological polar surface area (TPSA) is 59.6 Å². The van der Waals surface area contributed by atoms with Crippen LogP contribution in [0.3, 0.4) is 0 Å². The van der Waals surface area contributed by atoms with Crippen molar-refractivity contribution in [3.05, 3.63) is 90.9 Å². The van der Waals surface area contributed by atoms with Crippen LogP contribution in [-0.2, 0) is 17.8 Å². The average Bonchev–Trinajstić information content (AvgIpc) is 3.17. The predicted octanol–water partition coefficient (Wildman–Crippen LogP) is 6.69. The molecule has 0 saturated carbocycles. The van der Waals surface area contributed by atoms with Crippen molar-refractivity contribution in [1.82, 2.24) is 5.32 Å². The molecule has 34 heavy (non-hydrogen) atoms. The first kappa shape index (κ1) is 24.8. The number of aryl methyl sites for hydroxylation is 1. The lowest BCUT2D eigenvalue weighted by molar-refractivity contribution is -0.116. The molecule has 1 heterocycles. The maximum absolute atomic E-state index is 12.5. The van der Waals surface area contributed by atoms with Crippen molar-refractivity contribution in [1.29, 1.82) is 0 Å². The van der Waals surface area contributed by atoms with Crippen molar-refractivity contribution < 1.29 is 14.3 Å². The van der Waals surface area contributed by atoms with Gasteiger partial charge in [0.1, 0.15) is 6.61 Å². The van der Waals surface area contributed by atoms with Gasteiger partial charge in [-0.25, -0.2) is 0 Å². The first-order valence-electron chi connectivity index (χ1n) is 10.7. The summed E-state index contributed by atoms with van der Waals surface area (Å²) in [5, 5.41) is 6.71. The predicted molar refractivity (Wildman–Crippen MR) is 148 cm³/mol. The number of hydrogen-bond acceptors (Lipinski definition) is 5. The molecule has 2 N–H and O–H groups in total. The van der Waals surface area contributed by atoms with Gasteiger partial charge in [0.25, 0.3) is 5.91 Å². The van der Waals surface area contributed by atoms with E-state index in [2.05, 4.69) is 52.3 Å². The van der Waals surface area contributed by atoms with Crippen molar-refractivity contribution >= 4 is 63.6 Å². The van der Waals surface area contributed by atoms with Crippen LogP contribution in [0, 0.1) is 3.57 Å². The summed E-state index contributed by atoms with van der Waals surface area (Å²) in [4.78, 5) is 13.1. The molecule has 0 aromatic heterocycles. The summed E-state index contributed by atoms with van der Waals surface area (Å²) in [6.07, 6.45) is 2.79. The molecule has 3 aromatic carbocycles. The number of rotatable bonds is 8. The van der Waals surface area contributed by atoms with E-state index < -0.39 is 0 Å². The lowest BCUT2D eigenvalue weighted by Gasteiger charge is -2.14. The molecule has 1 aliphatic heterocycles. The molecule has 0 unspecified atom stereocenters. The fraction of sp³-hybridized carbons (Fsp3) is 0.192.